The van der Waals surface area contributed by atoms with Crippen molar-refractivity contribution in [1.29, 1.82) is 0 Å². The summed E-state index contributed by atoms with van der Waals surface area (Å²) >= 11 is 0. The molecule has 0 bridgehead atoms. The highest BCUT2D eigenvalue weighted by molar-refractivity contribution is 5.32. The molecule has 1 aromatic carbocycles. The van der Waals surface area contributed by atoms with Gasteiger partial charge in [-0.15, -0.1) is 0 Å². The Morgan fingerprint density at radius 1 is 1.12 bits per heavy atom. The molecule has 0 aliphatic heterocycles. The van der Waals surface area contributed by atoms with Gasteiger partial charge in [-0.3, -0.25) is 0 Å². The molecule has 0 aliphatic carbocycles. The summed E-state index contributed by atoms with van der Waals surface area (Å²) in [5, 5.41) is 22.7. The second-order valence-corrected chi connectivity index (χ2v) is 4.35. The average Bonchev–Trinajstić information content (AvgIpc) is 2.28. The average molecular weight is 223 g/mol. The second kappa shape index (κ2) is 5.99. The largest absolute Gasteiger partial charge is 0.389 e. The quantitative estimate of drug-likeness (QED) is 0.707. The van der Waals surface area contributed by atoms with E-state index in [9.17, 15) is 10.2 Å². The van der Waals surface area contributed by atoms with Crippen LogP contribution in [0, 0.1) is 0 Å². The van der Waals surface area contributed by atoms with Crippen molar-refractivity contribution < 1.29 is 10.2 Å². The lowest BCUT2D eigenvalue weighted by molar-refractivity contribution is 0.0196. The minimum absolute atomic E-state index is 0.340. The lowest BCUT2D eigenvalue weighted by atomic mass is 9.92. The standard InChI is InChI=1S/C13H21NO2/c1-9(2)10-6-4-5-7-11(10)13(16)12(15)8-14-3/h4-7,9,12-16H,8H2,1-3H3. The van der Waals surface area contributed by atoms with E-state index >= 15 is 0 Å². The molecule has 0 heterocycles. The normalized spacial score (nSPS) is 15.1. The van der Waals surface area contributed by atoms with Crippen molar-refractivity contribution in [1.82, 2.24) is 5.32 Å². The van der Waals surface area contributed by atoms with Crippen LogP contribution < -0.4 is 5.32 Å². The maximum atomic E-state index is 10.1. The summed E-state index contributed by atoms with van der Waals surface area (Å²) in [7, 11) is 1.75. The van der Waals surface area contributed by atoms with Gasteiger partial charge in [-0.2, -0.15) is 0 Å². The Labute approximate surface area is 97.1 Å². The van der Waals surface area contributed by atoms with Gasteiger partial charge in [0.2, 0.25) is 0 Å². The Bertz CT molecular complexity index is 325. The van der Waals surface area contributed by atoms with Crippen molar-refractivity contribution in [2.75, 3.05) is 13.6 Å². The van der Waals surface area contributed by atoms with Gasteiger partial charge in [0, 0.05) is 6.54 Å². The highest BCUT2D eigenvalue weighted by atomic mass is 16.3. The first-order valence-electron chi connectivity index (χ1n) is 5.67. The number of hydrogen-bond acceptors (Lipinski definition) is 3. The Hall–Kier alpha value is -0.900. The summed E-state index contributed by atoms with van der Waals surface area (Å²) in [6.45, 7) is 4.54. The van der Waals surface area contributed by atoms with Crippen molar-refractivity contribution in [3.05, 3.63) is 35.4 Å². The molecule has 0 amide bonds. The summed E-state index contributed by atoms with van der Waals surface area (Å²) in [4.78, 5) is 0. The summed E-state index contributed by atoms with van der Waals surface area (Å²) in [6.07, 6.45) is -1.60. The third-order valence-electron chi connectivity index (χ3n) is 2.71. The molecule has 3 heteroatoms. The van der Waals surface area contributed by atoms with E-state index in [4.69, 9.17) is 0 Å². The van der Waals surface area contributed by atoms with E-state index in [0.29, 0.717) is 12.5 Å². The van der Waals surface area contributed by atoms with Crippen molar-refractivity contribution in [2.24, 2.45) is 0 Å². The number of aliphatic hydroxyl groups excluding tert-OH is 2. The van der Waals surface area contributed by atoms with Crippen molar-refractivity contribution in [3.8, 4) is 0 Å². The molecule has 90 valence electrons. The van der Waals surface area contributed by atoms with E-state index in [1.807, 2.05) is 24.3 Å². The van der Waals surface area contributed by atoms with Crippen LogP contribution in [0.2, 0.25) is 0 Å². The van der Waals surface area contributed by atoms with Crippen LogP contribution in [0.1, 0.15) is 37.0 Å². The monoisotopic (exact) mass is 223 g/mol. The molecule has 3 nitrogen and oxygen atoms in total. The maximum absolute atomic E-state index is 10.1. The number of hydrogen-bond donors (Lipinski definition) is 3. The SMILES string of the molecule is CNCC(O)C(O)c1ccccc1C(C)C. The molecular formula is C13H21NO2. The van der Waals surface area contributed by atoms with Gasteiger partial charge in [0.25, 0.3) is 0 Å². The van der Waals surface area contributed by atoms with E-state index in [-0.39, 0.29) is 0 Å². The Balaban J connectivity index is 2.93. The zero-order chi connectivity index (χ0) is 12.1. The fraction of sp³-hybridized carbons (Fsp3) is 0.538. The Morgan fingerprint density at radius 2 is 1.69 bits per heavy atom. The second-order valence-electron chi connectivity index (χ2n) is 4.35. The first-order chi connectivity index (χ1) is 7.57. The first-order valence-corrected chi connectivity index (χ1v) is 5.67. The molecule has 2 unspecified atom stereocenters. The highest BCUT2D eigenvalue weighted by Gasteiger charge is 2.20. The summed E-state index contributed by atoms with van der Waals surface area (Å²) in [5.74, 6) is 0.340. The Kier molecular flexibility index (Phi) is 4.93. The molecule has 0 fully saturated rings. The van der Waals surface area contributed by atoms with Crippen molar-refractivity contribution in [3.63, 3.8) is 0 Å². The van der Waals surface area contributed by atoms with Crippen molar-refractivity contribution >= 4 is 0 Å². The van der Waals surface area contributed by atoms with Crippen LogP contribution >= 0.6 is 0 Å². The van der Waals surface area contributed by atoms with Crippen LogP contribution in [0.25, 0.3) is 0 Å². The molecule has 0 saturated carbocycles. The molecular weight excluding hydrogens is 202 g/mol. The number of rotatable bonds is 5. The van der Waals surface area contributed by atoms with Crippen LogP contribution in [0.3, 0.4) is 0 Å². The Morgan fingerprint density at radius 3 is 2.19 bits per heavy atom. The number of benzene rings is 1. The van der Waals surface area contributed by atoms with Crippen LogP contribution in [0.5, 0.6) is 0 Å². The predicted molar refractivity (Wildman–Crippen MR) is 65.4 cm³/mol. The minimum Gasteiger partial charge on any atom is -0.389 e. The minimum atomic E-state index is -0.828. The smallest absolute Gasteiger partial charge is 0.106 e. The van der Waals surface area contributed by atoms with Gasteiger partial charge in [-0.1, -0.05) is 38.1 Å². The molecule has 0 aliphatic rings. The fourth-order valence-electron chi connectivity index (χ4n) is 1.83. The molecule has 1 rings (SSSR count). The van der Waals surface area contributed by atoms with Gasteiger partial charge in [-0.05, 0) is 24.1 Å². The third kappa shape index (κ3) is 3.04. The van der Waals surface area contributed by atoms with Gasteiger partial charge in [0.1, 0.15) is 6.10 Å². The number of likely N-dealkylation sites (N-methyl/N-ethyl adjacent to an activating group) is 1. The topological polar surface area (TPSA) is 52.5 Å². The maximum Gasteiger partial charge on any atom is 0.106 e. The van der Waals surface area contributed by atoms with E-state index < -0.39 is 12.2 Å². The molecule has 0 aromatic heterocycles. The molecule has 0 saturated heterocycles. The van der Waals surface area contributed by atoms with Gasteiger partial charge < -0.3 is 15.5 Å². The van der Waals surface area contributed by atoms with Gasteiger partial charge >= 0.3 is 0 Å². The molecule has 0 spiro atoms. The van der Waals surface area contributed by atoms with Gasteiger partial charge in [0.15, 0.2) is 0 Å². The molecule has 3 N–H and O–H groups in total. The molecule has 2 atom stereocenters. The van der Waals surface area contributed by atoms with Crippen LogP contribution in [0.15, 0.2) is 24.3 Å². The molecule has 16 heavy (non-hydrogen) atoms. The third-order valence-corrected chi connectivity index (χ3v) is 2.71. The van der Waals surface area contributed by atoms with Crippen LogP contribution in [-0.2, 0) is 0 Å². The van der Waals surface area contributed by atoms with Gasteiger partial charge in [0.05, 0.1) is 6.10 Å². The zero-order valence-corrected chi connectivity index (χ0v) is 10.1. The lowest BCUT2D eigenvalue weighted by Gasteiger charge is -2.22. The fourth-order valence-corrected chi connectivity index (χ4v) is 1.83. The first kappa shape index (κ1) is 13.2. The van der Waals surface area contributed by atoms with E-state index in [2.05, 4.69) is 19.2 Å². The highest BCUT2D eigenvalue weighted by Crippen LogP contribution is 2.26. The van der Waals surface area contributed by atoms with E-state index in [1.165, 1.54) is 0 Å². The summed E-state index contributed by atoms with van der Waals surface area (Å²) in [5.41, 5.74) is 1.91. The zero-order valence-electron chi connectivity index (χ0n) is 10.1. The van der Waals surface area contributed by atoms with Crippen LogP contribution in [0.4, 0.5) is 0 Å². The predicted octanol–water partition coefficient (Wildman–Crippen LogP) is 1.42. The summed E-state index contributed by atoms with van der Waals surface area (Å²) < 4.78 is 0. The number of aliphatic hydroxyl groups is 2. The molecule has 0 radical (unpaired) electrons. The summed E-state index contributed by atoms with van der Waals surface area (Å²) in [6, 6.07) is 7.71. The lowest BCUT2D eigenvalue weighted by Crippen LogP contribution is -2.30. The van der Waals surface area contributed by atoms with Gasteiger partial charge in [-0.25, -0.2) is 0 Å². The van der Waals surface area contributed by atoms with E-state index in [1.54, 1.807) is 7.05 Å². The molecule has 1 aromatic rings. The van der Waals surface area contributed by atoms with Crippen LogP contribution in [-0.4, -0.2) is 29.9 Å². The van der Waals surface area contributed by atoms with E-state index in [0.717, 1.165) is 11.1 Å². The number of nitrogens with one attached hydrogen (secondary N) is 1. The van der Waals surface area contributed by atoms with Crippen molar-refractivity contribution in [2.45, 2.75) is 32.0 Å².